The van der Waals surface area contributed by atoms with Gasteiger partial charge >= 0.3 is 0 Å². The molecule has 0 aliphatic carbocycles. The average molecular weight is 306 g/mol. The molecule has 2 rings (SSSR count). The van der Waals surface area contributed by atoms with Gasteiger partial charge in [0.05, 0.1) is 12.2 Å². The van der Waals surface area contributed by atoms with Gasteiger partial charge in [-0.15, -0.1) is 11.3 Å². The second-order valence-electron chi connectivity index (χ2n) is 5.06. The third-order valence-corrected chi connectivity index (χ3v) is 3.91. The molecule has 0 spiro atoms. The van der Waals surface area contributed by atoms with Crippen LogP contribution in [-0.2, 0) is 4.79 Å². The Labute approximate surface area is 126 Å². The lowest BCUT2D eigenvalue weighted by atomic mass is 10.2. The van der Waals surface area contributed by atoms with Crippen LogP contribution >= 0.6 is 11.3 Å². The van der Waals surface area contributed by atoms with Crippen molar-refractivity contribution in [3.05, 3.63) is 22.7 Å². The lowest BCUT2D eigenvalue weighted by Crippen LogP contribution is -2.39. The molecule has 0 saturated heterocycles. The van der Waals surface area contributed by atoms with E-state index in [1.165, 1.54) is 11.3 Å². The van der Waals surface area contributed by atoms with Gasteiger partial charge in [0.25, 0.3) is 5.91 Å². The highest BCUT2D eigenvalue weighted by molar-refractivity contribution is 7.21. The molecule has 112 valence electrons. The second-order valence-corrected chi connectivity index (χ2v) is 6.05. The van der Waals surface area contributed by atoms with Crippen LogP contribution in [0, 0.1) is 6.92 Å². The summed E-state index contributed by atoms with van der Waals surface area (Å²) in [6, 6.07) is 3.74. The fourth-order valence-corrected chi connectivity index (χ4v) is 2.93. The van der Waals surface area contributed by atoms with Crippen LogP contribution in [0.2, 0.25) is 0 Å². The minimum atomic E-state index is -0.355. The number of rotatable bonds is 4. The van der Waals surface area contributed by atoms with Crippen LogP contribution in [0.3, 0.4) is 0 Å². The number of aryl methyl sites for hydroxylation is 1. The number of carbonyl (C=O) groups is 2. The number of thiophene rings is 1. The van der Waals surface area contributed by atoms with Crippen molar-refractivity contribution in [1.82, 2.24) is 15.6 Å². The normalized spacial score (nSPS) is 10.9. The highest BCUT2D eigenvalue weighted by atomic mass is 32.1. The summed E-state index contributed by atoms with van der Waals surface area (Å²) in [4.78, 5) is 29.1. The average Bonchev–Trinajstić information content (AvgIpc) is 2.72. The first-order valence-electron chi connectivity index (χ1n) is 6.61. The van der Waals surface area contributed by atoms with Crippen LogP contribution in [0.4, 0.5) is 5.69 Å². The molecule has 2 amide bonds. The standard InChI is InChI=1S/C14H18N4O2S/c1-7(2)17-10(19)6-16-13(20)12-11(15)9-5-4-8(3)18-14(9)21-12/h4-5,7H,6,15H2,1-3H3,(H,16,20)(H,17,19). The molecule has 0 unspecified atom stereocenters. The third-order valence-electron chi connectivity index (χ3n) is 2.80. The van der Waals surface area contributed by atoms with Gasteiger partial charge in [0.15, 0.2) is 0 Å². The van der Waals surface area contributed by atoms with Gasteiger partial charge in [-0.2, -0.15) is 0 Å². The Morgan fingerprint density at radius 1 is 1.38 bits per heavy atom. The third kappa shape index (κ3) is 3.49. The smallest absolute Gasteiger partial charge is 0.264 e. The summed E-state index contributed by atoms with van der Waals surface area (Å²) in [5, 5.41) is 6.04. The van der Waals surface area contributed by atoms with Gasteiger partial charge in [0.2, 0.25) is 5.91 Å². The van der Waals surface area contributed by atoms with Crippen molar-refractivity contribution in [1.29, 1.82) is 0 Å². The van der Waals surface area contributed by atoms with E-state index in [9.17, 15) is 9.59 Å². The van der Waals surface area contributed by atoms with E-state index in [0.29, 0.717) is 10.6 Å². The SMILES string of the molecule is Cc1ccc2c(N)c(C(=O)NCC(=O)NC(C)C)sc2n1. The lowest BCUT2D eigenvalue weighted by Gasteiger charge is -2.08. The minimum absolute atomic E-state index is 0.0379. The van der Waals surface area contributed by atoms with Crippen molar-refractivity contribution in [2.24, 2.45) is 0 Å². The van der Waals surface area contributed by atoms with Crippen LogP contribution in [0.25, 0.3) is 10.2 Å². The molecule has 0 radical (unpaired) electrons. The Morgan fingerprint density at radius 3 is 2.76 bits per heavy atom. The molecule has 0 saturated carbocycles. The van der Waals surface area contributed by atoms with Gasteiger partial charge in [0.1, 0.15) is 9.71 Å². The van der Waals surface area contributed by atoms with Crippen LogP contribution in [0.15, 0.2) is 12.1 Å². The molecule has 0 aliphatic heterocycles. The molecule has 0 aromatic carbocycles. The van der Waals surface area contributed by atoms with E-state index in [1.807, 2.05) is 32.9 Å². The van der Waals surface area contributed by atoms with E-state index in [1.54, 1.807) is 0 Å². The summed E-state index contributed by atoms with van der Waals surface area (Å²) < 4.78 is 0. The zero-order valence-electron chi connectivity index (χ0n) is 12.2. The number of hydrogen-bond donors (Lipinski definition) is 3. The van der Waals surface area contributed by atoms with Gasteiger partial charge in [-0.25, -0.2) is 4.98 Å². The summed E-state index contributed by atoms with van der Waals surface area (Å²) in [6.45, 7) is 5.53. The maximum Gasteiger partial charge on any atom is 0.264 e. The number of fused-ring (bicyclic) bond motifs is 1. The van der Waals surface area contributed by atoms with Crippen LogP contribution in [0.5, 0.6) is 0 Å². The zero-order valence-corrected chi connectivity index (χ0v) is 13.0. The van der Waals surface area contributed by atoms with Gasteiger partial charge in [-0.05, 0) is 32.9 Å². The van der Waals surface area contributed by atoms with Crippen molar-refractivity contribution in [3.8, 4) is 0 Å². The Morgan fingerprint density at radius 2 is 2.10 bits per heavy atom. The Balaban J connectivity index is 2.13. The number of amides is 2. The van der Waals surface area contributed by atoms with E-state index in [0.717, 1.165) is 15.9 Å². The van der Waals surface area contributed by atoms with Gasteiger partial charge in [-0.3, -0.25) is 9.59 Å². The molecule has 0 fully saturated rings. The molecule has 2 heterocycles. The Hall–Kier alpha value is -2.15. The van der Waals surface area contributed by atoms with Crippen LogP contribution < -0.4 is 16.4 Å². The van der Waals surface area contributed by atoms with Crippen molar-refractivity contribution < 1.29 is 9.59 Å². The molecule has 0 aliphatic rings. The summed E-state index contributed by atoms with van der Waals surface area (Å²) in [5.41, 5.74) is 7.26. The predicted molar refractivity (Wildman–Crippen MR) is 84.4 cm³/mol. The number of anilines is 1. The maximum atomic E-state index is 12.1. The molecule has 0 bridgehead atoms. The molecule has 7 heteroatoms. The first-order chi connectivity index (χ1) is 9.88. The van der Waals surface area contributed by atoms with Crippen molar-refractivity contribution in [2.75, 3.05) is 12.3 Å². The van der Waals surface area contributed by atoms with Crippen molar-refractivity contribution in [2.45, 2.75) is 26.8 Å². The highest BCUT2D eigenvalue weighted by Crippen LogP contribution is 2.32. The van der Waals surface area contributed by atoms with E-state index < -0.39 is 0 Å². The number of nitrogens with zero attached hydrogens (tertiary/aromatic N) is 1. The molecule has 0 atom stereocenters. The number of hydrogen-bond acceptors (Lipinski definition) is 5. The molecule has 21 heavy (non-hydrogen) atoms. The molecule has 2 aromatic heterocycles. The highest BCUT2D eigenvalue weighted by Gasteiger charge is 2.17. The number of pyridine rings is 1. The number of aromatic nitrogens is 1. The quantitative estimate of drug-likeness (QED) is 0.796. The largest absolute Gasteiger partial charge is 0.397 e. The number of carbonyl (C=O) groups excluding carboxylic acids is 2. The summed E-state index contributed by atoms with van der Waals surface area (Å²) in [7, 11) is 0. The summed E-state index contributed by atoms with van der Waals surface area (Å²) >= 11 is 1.23. The van der Waals surface area contributed by atoms with Crippen molar-refractivity contribution >= 4 is 39.1 Å². The maximum absolute atomic E-state index is 12.1. The van der Waals surface area contributed by atoms with E-state index >= 15 is 0 Å². The molecule has 2 aromatic rings. The molecule has 6 nitrogen and oxygen atoms in total. The fourth-order valence-electron chi connectivity index (χ4n) is 1.87. The molecular formula is C14H18N4O2S. The van der Waals surface area contributed by atoms with Gasteiger partial charge in [-0.1, -0.05) is 0 Å². The van der Waals surface area contributed by atoms with E-state index in [2.05, 4.69) is 15.6 Å². The van der Waals surface area contributed by atoms with Crippen LogP contribution in [0.1, 0.15) is 29.2 Å². The number of nitrogens with two attached hydrogens (primary N) is 1. The first kappa shape index (κ1) is 15.2. The van der Waals surface area contributed by atoms with Gasteiger partial charge in [0, 0.05) is 17.1 Å². The van der Waals surface area contributed by atoms with Crippen LogP contribution in [-0.4, -0.2) is 29.4 Å². The Kier molecular flexibility index (Phi) is 4.42. The predicted octanol–water partition coefficient (Wildman–Crippen LogP) is 1.44. The number of nitrogen functional groups attached to an aromatic ring is 1. The second kappa shape index (κ2) is 6.09. The van der Waals surface area contributed by atoms with E-state index in [4.69, 9.17) is 5.73 Å². The number of nitrogens with one attached hydrogen (secondary N) is 2. The monoisotopic (exact) mass is 306 g/mol. The topological polar surface area (TPSA) is 97.1 Å². The van der Waals surface area contributed by atoms with Crippen molar-refractivity contribution in [3.63, 3.8) is 0 Å². The van der Waals surface area contributed by atoms with Gasteiger partial charge < -0.3 is 16.4 Å². The minimum Gasteiger partial charge on any atom is -0.397 e. The lowest BCUT2D eigenvalue weighted by molar-refractivity contribution is -0.120. The Bertz CT molecular complexity index is 694. The summed E-state index contributed by atoms with van der Waals surface area (Å²) in [6.07, 6.45) is 0. The van der Waals surface area contributed by atoms with E-state index in [-0.39, 0.29) is 24.4 Å². The zero-order chi connectivity index (χ0) is 15.6. The fraction of sp³-hybridized carbons (Fsp3) is 0.357. The summed E-state index contributed by atoms with van der Waals surface area (Å²) in [5.74, 6) is -0.584. The molecule has 4 N–H and O–H groups in total. The molecular weight excluding hydrogens is 288 g/mol. The first-order valence-corrected chi connectivity index (χ1v) is 7.43.